The summed E-state index contributed by atoms with van der Waals surface area (Å²) in [6.45, 7) is 3.07. The molecule has 4 rings (SSSR count). The molecule has 1 aliphatic rings. The van der Waals surface area contributed by atoms with Crippen LogP contribution in [0.3, 0.4) is 0 Å². The lowest BCUT2D eigenvalue weighted by molar-refractivity contribution is -0.139. The average Bonchev–Trinajstić information content (AvgIpc) is 2.96. The van der Waals surface area contributed by atoms with Gasteiger partial charge in [-0.3, -0.25) is 13.9 Å². The van der Waals surface area contributed by atoms with E-state index in [1.807, 2.05) is 37.3 Å². The number of rotatable bonds is 10. The molecule has 3 aromatic rings. The zero-order chi connectivity index (χ0) is 29.6. The molecular weight excluding hydrogens is 581 g/mol. The van der Waals surface area contributed by atoms with Crippen molar-refractivity contribution >= 4 is 50.7 Å². The fourth-order valence-corrected chi connectivity index (χ4v) is 6.82. The molecule has 0 aliphatic heterocycles. The van der Waals surface area contributed by atoms with E-state index in [2.05, 4.69) is 5.32 Å². The van der Waals surface area contributed by atoms with Gasteiger partial charge in [-0.1, -0.05) is 90.5 Å². The first-order valence-electron chi connectivity index (χ1n) is 13.7. The maximum Gasteiger partial charge on any atom is 0.264 e. The van der Waals surface area contributed by atoms with Gasteiger partial charge in [0.15, 0.2) is 0 Å². The lowest BCUT2D eigenvalue weighted by Crippen LogP contribution is -2.53. The molecule has 3 aromatic carbocycles. The van der Waals surface area contributed by atoms with Gasteiger partial charge < -0.3 is 10.2 Å². The van der Waals surface area contributed by atoms with Crippen molar-refractivity contribution in [1.29, 1.82) is 0 Å². The van der Waals surface area contributed by atoms with E-state index < -0.39 is 28.5 Å². The number of hydrogen-bond donors (Lipinski definition) is 1. The van der Waals surface area contributed by atoms with Crippen molar-refractivity contribution in [2.24, 2.45) is 0 Å². The summed E-state index contributed by atoms with van der Waals surface area (Å²) in [5, 5.41) is 3.49. The Bertz CT molecular complexity index is 1460. The number of aryl methyl sites for hydroxylation is 1. The third-order valence-electron chi connectivity index (χ3n) is 7.38. The molecule has 1 N–H and O–H groups in total. The Morgan fingerprint density at radius 1 is 0.951 bits per heavy atom. The summed E-state index contributed by atoms with van der Waals surface area (Å²) in [4.78, 5) is 28.9. The van der Waals surface area contributed by atoms with Gasteiger partial charge in [-0.15, -0.1) is 0 Å². The molecule has 7 nitrogen and oxygen atoms in total. The molecule has 0 aromatic heterocycles. The van der Waals surface area contributed by atoms with Gasteiger partial charge in [-0.05, 0) is 62.6 Å². The maximum absolute atomic E-state index is 14.1. The van der Waals surface area contributed by atoms with Crippen LogP contribution in [0, 0.1) is 6.92 Å². The fourth-order valence-electron chi connectivity index (χ4n) is 4.96. The number of hydrogen-bond acceptors (Lipinski definition) is 4. The Morgan fingerprint density at radius 3 is 2.27 bits per heavy atom. The van der Waals surface area contributed by atoms with Gasteiger partial charge >= 0.3 is 0 Å². The summed E-state index contributed by atoms with van der Waals surface area (Å²) >= 11 is 12.7. The second kappa shape index (κ2) is 13.7. The van der Waals surface area contributed by atoms with Crippen LogP contribution >= 0.6 is 23.2 Å². The number of amides is 2. The van der Waals surface area contributed by atoms with Crippen molar-refractivity contribution in [3.05, 3.63) is 94.0 Å². The lowest BCUT2D eigenvalue weighted by Gasteiger charge is -2.33. The van der Waals surface area contributed by atoms with Crippen LogP contribution in [-0.2, 0) is 26.2 Å². The van der Waals surface area contributed by atoms with Crippen molar-refractivity contribution < 1.29 is 18.0 Å². The third-order valence-corrected chi connectivity index (χ3v) is 9.71. The minimum Gasteiger partial charge on any atom is -0.352 e. The molecule has 0 heterocycles. The van der Waals surface area contributed by atoms with Crippen molar-refractivity contribution in [1.82, 2.24) is 10.2 Å². The largest absolute Gasteiger partial charge is 0.352 e. The number of halogens is 2. The number of sulfonamides is 1. The number of carbonyl (C=O) groups excluding carboxylic acids is 2. The highest BCUT2D eigenvalue weighted by molar-refractivity contribution is 7.92. The van der Waals surface area contributed by atoms with Gasteiger partial charge in [0.2, 0.25) is 11.8 Å². The number of anilines is 1. The number of benzene rings is 3. The Balaban J connectivity index is 1.69. The van der Waals surface area contributed by atoms with Crippen molar-refractivity contribution in [2.75, 3.05) is 10.8 Å². The molecule has 1 saturated carbocycles. The fraction of sp³-hybridized carbons (Fsp3) is 0.355. The minimum atomic E-state index is -4.24. The monoisotopic (exact) mass is 615 g/mol. The molecule has 2 amide bonds. The SMILES string of the molecule is Cc1ccc(S(=O)(=O)N(CC(=O)N(Cc2ccccc2)C(C)C(=O)NC2CCCCC2)c2cc(Cl)ccc2Cl)cc1. The van der Waals surface area contributed by atoms with Gasteiger partial charge in [0.25, 0.3) is 10.0 Å². The number of nitrogens with one attached hydrogen (secondary N) is 1. The Morgan fingerprint density at radius 2 is 1.61 bits per heavy atom. The second-order valence-corrected chi connectivity index (χ2v) is 13.2. The number of carbonyl (C=O) groups is 2. The predicted octanol–water partition coefficient (Wildman–Crippen LogP) is 6.36. The standard InChI is InChI=1S/C31H35Cl2N3O4S/c1-22-13-16-27(17-14-22)41(39,40)36(29-19-25(32)15-18-28(29)33)21-30(37)35(20-24-9-5-3-6-10-24)23(2)31(38)34-26-11-7-4-8-12-26/h3,5-6,9-10,13-19,23,26H,4,7-8,11-12,20-21H2,1-2H3,(H,34,38). The van der Waals surface area contributed by atoms with Crippen LogP contribution in [0.15, 0.2) is 77.7 Å². The van der Waals surface area contributed by atoms with E-state index in [0.717, 1.165) is 47.5 Å². The molecule has 0 saturated heterocycles. The quantitative estimate of drug-likeness (QED) is 0.287. The molecule has 0 bridgehead atoms. The summed E-state index contributed by atoms with van der Waals surface area (Å²) in [7, 11) is -4.24. The van der Waals surface area contributed by atoms with Gasteiger partial charge in [0.1, 0.15) is 12.6 Å². The molecule has 1 fully saturated rings. The summed E-state index contributed by atoms with van der Waals surface area (Å²) in [6.07, 6.45) is 5.07. The Labute approximate surface area is 252 Å². The van der Waals surface area contributed by atoms with Crippen LogP contribution in [0.2, 0.25) is 10.0 Å². The van der Waals surface area contributed by atoms with Gasteiger partial charge in [-0.2, -0.15) is 0 Å². The summed E-state index contributed by atoms with van der Waals surface area (Å²) in [5.74, 6) is -0.818. The zero-order valence-corrected chi connectivity index (χ0v) is 25.6. The van der Waals surface area contributed by atoms with E-state index in [1.54, 1.807) is 25.1 Å². The number of nitrogens with zero attached hydrogens (tertiary/aromatic N) is 2. The molecule has 10 heteroatoms. The summed E-state index contributed by atoms with van der Waals surface area (Å²) in [5.41, 5.74) is 1.78. The summed E-state index contributed by atoms with van der Waals surface area (Å²) < 4.78 is 28.9. The first kappa shape index (κ1) is 30.9. The molecule has 0 spiro atoms. The lowest BCUT2D eigenvalue weighted by atomic mass is 9.95. The molecule has 1 atom stereocenters. The van der Waals surface area contributed by atoms with E-state index >= 15 is 0 Å². The van der Waals surface area contributed by atoms with E-state index in [9.17, 15) is 18.0 Å². The zero-order valence-electron chi connectivity index (χ0n) is 23.2. The van der Waals surface area contributed by atoms with Crippen LogP contribution in [0.25, 0.3) is 0 Å². The Kier molecular flexibility index (Phi) is 10.3. The average molecular weight is 617 g/mol. The van der Waals surface area contributed by atoms with Crippen molar-refractivity contribution in [2.45, 2.75) is 69.5 Å². The summed E-state index contributed by atoms with van der Waals surface area (Å²) in [6, 6.07) is 19.3. The van der Waals surface area contributed by atoms with Gasteiger partial charge in [-0.25, -0.2) is 8.42 Å². The Hall–Kier alpha value is -3.07. The predicted molar refractivity (Wildman–Crippen MR) is 164 cm³/mol. The van der Waals surface area contributed by atoms with E-state index in [1.165, 1.54) is 29.2 Å². The molecule has 0 radical (unpaired) electrons. The van der Waals surface area contributed by atoms with Crippen molar-refractivity contribution in [3.63, 3.8) is 0 Å². The molecule has 41 heavy (non-hydrogen) atoms. The maximum atomic E-state index is 14.1. The van der Waals surface area contributed by atoms with Crippen LogP contribution in [0.1, 0.15) is 50.2 Å². The smallest absolute Gasteiger partial charge is 0.264 e. The molecule has 1 aliphatic carbocycles. The van der Waals surface area contributed by atoms with Crippen LogP contribution < -0.4 is 9.62 Å². The van der Waals surface area contributed by atoms with Gasteiger partial charge in [0.05, 0.1) is 15.6 Å². The molecule has 218 valence electrons. The van der Waals surface area contributed by atoms with E-state index in [-0.39, 0.29) is 39.1 Å². The normalized spacial score (nSPS) is 14.7. The first-order chi connectivity index (χ1) is 19.6. The van der Waals surface area contributed by atoms with Crippen LogP contribution in [0.4, 0.5) is 5.69 Å². The minimum absolute atomic E-state index is 0.00430. The highest BCUT2D eigenvalue weighted by Crippen LogP contribution is 2.33. The van der Waals surface area contributed by atoms with Gasteiger partial charge in [0, 0.05) is 17.6 Å². The van der Waals surface area contributed by atoms with Crippen LogP contribution in [-0.4, -0.2) is 43.8 Å². The molecular formula is C31H35Cl2N3O4S. The highest BCUT2D eigenvalue weighted by atomic mass is 35.5. The van der Waals surface area contributed by atoms with E-state index in [4.69, 9.17) is 23.2 Å². The third kappa shape index (κ3) is 7.82. The van der Waals surface area contributed by atoms with Crippen LogP contribution in [0.5, 0.6) is 0 Å². The molecule has 1 unspecified atom stereocenters. The second-order valence-electron chi connectivity index (χ2n) is 10.4. The van der Waals surface area contributed by atoms with E-state index in [0.29, 0.717) is 0 Å². The van der Waals surface area contributed by atoms with Crippen molar-refractivity contribution in [3.8, 4) is 0 Å². The first-order valence-corrected chi connectivity index (χ1v) is 15.9. The highest BCUT2D eigenvalue weighted by Gasteiger charge is 2.34. The topological polar surface area (TPSA) is 86.8 Å².